The van der Waals surface area contributed by atoms with E-state index in [1.165, 1.54) is 0 Å². The molecule has 6 heteroatoms. The summed E-state index contributed by atoms with van der Waals surface area (Å²) in [5.41, 5.74) is 2.80. The van der Waals surface area contributed by atoms with Crippen LogP contribution in [0.15, 0.2) is 33.7 Å². The van der Waals surface area contributed by atoms with Crippen molar-refractivity contribution in [3.05, 3.63) is 39.4 Å². The first-order chi connectivity index (χ1) is 11.6. The fraction of sp³-hybridized carbons (Fsp3) is 0.444. The van der Waals surface area contributed by atoms with Gasteiger partial charge in [-0.2, -0.15) is 0 Å². The van der Waals surface area contributed by atoms with Crippen LogP contribution in [0, 0.1) is 0 Å². The SMILES string of the molecule is COC1CCCC(n2c(=O)n(C)c3cnc4ccc(Br)cc4c32)C1. The number of aromatic nitrogens is 3. The van der Waals surface area contributed by atoms with Crippen LogP contribution in [0.3, 0.4) is 0 Å². The van der Waals surface area contributed by atoms with Gasteiger partial charge < -0.3 is 4.74 Å². The lowest BCUT2D eigenvalue weighted by Gasteiger charge is -2.29. The number of imidazole rings is 1. The summed E-state index contributed by atoms with van der Waals surface area (Å²) in [6.45, 7) is 0. The van der Waals surface area contributed by atoms with Gasteiger partial charge in [-0.15, -0.1) is 0 Å². The average molecular weight is 390 g/mol. The van der Waals surface area contributed by atoms with Crippen LogP contribution >= 0.6 is 15.9 Å². The minimum absolute atomic E-state index is 0.0287. The number of halogens is 1. The van der Waals surface area contributed by atoms with Crippen molar-refractivity contribution in [1.82, 2.24) is 14.1 Å². The molecule has 126 valence electrons. The molecular formula is C18H20BrN3O2. The highest BCUT2D eigenvalue weighted by molar-refractivity contribution is 9.10. The minimum atomic E-state index is 0.0287. The maximum Gasteiger partial charge on any atom is 0.329 e. The third-order valence-corrected chi connectivity index (χ3v) is 5.67. The number of benzene rings is 1. The van der Waals surface area contributed by atoms with Gasteiger partial charge in [0.2, 0.25) is 0 Å². The molecular weight excluding hydrogens is 370 g/mol. The average Bonchev–Trinajstić information content (AvgIpc) is 2.86. The van der Waals surface area contributed by atoms with E-state index in [4.69, 9.17) is 4.74 Å². The topological polar surface area (TPSA) is 49.0 Å². The summed E-state index contributed by atoms with van der Waals surface area (Å²) in [6.07, 6.45) is 6.08. The van der Waals surface area contributed by atoms with Gasteiger partial charge in [-0.3, -0.25) is 14.1 Å². The molecule has 1 aliphatic carbocycles. The van der Waals surface area contributed by atoms with Gasteiger partial charge >= 0.3 is 5.69 Å². The highest BCUT2D eigenvalue weighted by Crippen LogP contribution is 2.34. The van der Waals surface area contributed by atoms with Gasteiger partial charge in [0.15, 0.2) is 0 Å². The fourth-order valence-corrected chi connectivity index (χ4v) is 4.27. The predicted octanol–water partition coefficient (Wildman–Crippen LogP) is 3.78. The molecule has 1 fully saturated rings. The summed E-state index contributed by atoms with van der Waals surface area (Å²) in [5.74, 6) is 0. The van der Waals surface area contributed by atoms with Gasteiger partial charge in [-0.1, -0.05) is 15.9 Å². The smallest absolute Gasteiger partial charge is 0.329 e. The molecule has 24 heavy (non-hydrogen) atoms. The Hall–Kier alpha value is -1.66. The molecule has 1 saturated carbocycles. The zero-order valence-electron chi connectivity index (χ0n) is 13.8. The Balaban J connectivity index is 2.02. The third kappa shape index (κ3) is 2.40. The molecule has 2 aromatic heterocycles. The van der Waals surface area contributed by atoms with Crippen molar-refractivity contribution in [2.24, 2.45) is 7.05 Å². The maximum atomic E-state index is 13.0. The molecule has 1 aromatic carbocycles. The van der Waals surface area contributed by atoms with Crippen LogP contribution in [0.1, 0.15) is 31.7 Å². The number of hydrogen-bond acceptors (Lipinski definition) is 3. The van der Waals surface area contributed by atoms with Gasteiger partial charge in [-0.05, 0) is 43.9 Å². The third-order valence-electron chi connectivity index (χ3n) is 5.17. The lowest BCUT2D eigenvalue weighted by Crippen LogP contribution is -2.31. The number of rotatable bonds is 2. The Morgan fingerprint density at radius 3 is 2.96 bits per heavy atom. The Labute approximate surface area is 148 Å². The summed E-state index contributed by atoms with van der Waals surface area (Å²) in [5, 5.41) is 1.01. The van der Waals surface area contributed by atoms with E-state index >= 15 is 0 Å². The van der Waals surface area contributed by atoms with E-state index in [0.29, 0.717) is 0 Å². The van der Waals surface area contributed by atoms with E-state index < -0.39 is 0 Å². The largest absolute Gasteiger partial charge is 0.381 e. The van der Waals surface area contributed by atoms with Crippen LogP contribution in [0.4, 0.5) is 0 Å². The van der Waals surface area contributed by atoms with E-state index in [1.807, 2.05) is 23.7 Å². The minimum Gasteiger partial charge on any atom is -0.381 e. The van der Waals surface area contributed by atoms with E-state index in [-0.39, 0.29) is 17.8 Å². The number of aryl methyl sites for hydroxylation is 1. The van der Waals surface area contributed by atoms with Crippen molar-refractivity contribution in [3.63, 3.8) is 0 Å². The first-order valence-electron chi connectivity index (χ1n) is 8.28. The molecule has 2 atom stereocenters. The van der Waals surface area contributed by atoms with Gasteiger partial charge in [0.05, 0.1) is 28.9 Å². The monoisotopic (exact) mass is 389 g/mol. The second-order valence-corrected chi connectivity index (χ2v) is 7.46. The lowest BCUT2D eigenvalue weighted by atomic mass is 9.92. The molecule has 0 amide bonds. The number of hydrogen-bond donors (Lipinski definition) is 0. The van der Waals surface area contributed by atoms with Gasteiger partial charge in [0.1, 0.15) is 0 Å². The molecule has 1 aliphatic rings. The summed E-state index contributed by atoms with van der Waals surface area (Å²) in [7, 11) is 3.58. The molecule has 3 aromatic rings. The van der Waals surface area contributed by atoms with E-state index in [2.05, 4.69) is 27.0 Å². The number of fused-ring (bicyclic) bond motifs is 3. The normalized spacial score (nSPS) is 21.6. The van der Waals surface area contributed by atoms with Crippen LogP contribution in [0.2, 0.25) is 0 Å². The molecule has 0 bridgehead atoms. The van der Waals surface area contributed by atoms with Crippen LogP contribution < -0.4 is 5.69 Å². The summed E-state index contributed by atoms with van der Waals surface area (Å²) >= 11 is 3.54. The van der Waals surface area contributed by atoms with Crippen LogP contribution in [-0.4, -0.2) is 27.3 Å². The van der Waals surface area contributed by atoms with Crippen LogP contribution in [-0.2, 0) is 11.8 Å². The quantitative estimate of drug-likeness (QED) is 0.669. The lowest BCUT2D eigenvalue weighted by molar-refractivity contribution is 0.0531. The van der Waals surface area contributed by atoms with Crippen molar-refractivity contribution in [2.75, 3.05) is 7.11 Å². The van der Waals surface area contributed by atoms with Crippen molar-refractivity contribution in [3.8, 4) is 0 Å². The molecule has 0 saturated heterocycles. The number of ether oxygens (including phenoxy) is 1. The predicted molar refractivity (Wildman–Crippen MR) is 98.5 cm³/mol. The van der Waals surface area contributed by atoms with E-state index in [9.17, 15) is 4.79 Å². The summed E-state index contributed by atoms with van der Waals surface area (Å²) < 4.78 is 10.2. The second kappa shape index (κ2) is 6.01. The Bertz CT molecular complexity index is 976. The second-order valence-electron chi connectivity index (χ2n) is 6.54. The molecule has 0 spiro atoms. The van der Waals surface area contributed by atoms with Crippen molar-refractivity contribution >= 4 is 37.9 Å². The number of nitrogens with zero attached hydrogens (tertiary/aromatic N) is 3. The zero-order chi connectivity index (χ0) is 16.8. The van der Waals surface area contributed by atoms with Crippen LogP contribution in [0.5, 0.6) is 0 Å². The summed E-state index contributed by atoms with van der Waals surface area (Å²) in [6, 6.07) is 6.19. The van der Waals surface area contributed by atoms with E-state index in [0.717, 1.165) is 52.1 Å². The fourth-order valence-electron chi connectivity index (χ4n) is 3.91. The molecule has 2 heterocycles. The molecule has 0 aliphatic heterocycles. The van der Waals surface area contributed by atoms with Gasteiger partial charge in [0.25, 0.3) is 0 Å². The molecule has 5 nitrogen and oxygen atoms in total. The van der Waals surface area contributed by atoms with Crippen molar-refractivity contribution < 1.29 is 4.74 Å². The Kier molecular flexibility index (Phi) is 3.96. The highest BCUT2D eigenvalue weighted by Gasteiger charge is 2.27. The van der Waals surface area contributed by atoms with Gasteiger partial charge in [-0.25, -0.2) is 4.79 Å². The molecule has 0 radical (unpaired) electrons. The standard InChI is InChI=1S/C18H20BrN3O2/c1-21-16-10-20-15-7-6-11(19)8-14(15)17(16)22(18(21)23)12-4-3-5-13(9-12)24-2/h6-8,10,12-13H,3-5,9H2,1-2H3. The van der Waals surface area contributed by atoms with Crippen molar-refractivity contribution in [1.29, 1.82) is 0 Å². The zero-order valence-corrected chi connectivity index (χ0v) is 15.4. The number of methoxy groups -OCH3 is 1. The Morgan fingerprint density at radius 2 is 2.17 bits per heavy atom. The first-order valence-corrected chi connectivity index (χ1v) is 9.07. The first kappa shape index (κ1) is 15.8. The van der Waals surface area contributed by atoms with Gasteiger partial charge in [0, 0.05) is 30.1 Å². The molecule has 2 unspecified atom stereocenters. The summed E-state index contributed by atoms with van der Waals surface area (Å²) in [4.78, 5) is 17.5. The van der Waals surface area contributed by atoms with Crippen molar-refractivity contribution in [2.45, 2.75) is 37.8 Å². The Morgan fingerprint density at radius 1 is 1.33 bits per heavy atom. The van der Waals surface area contributed by atoms with E-state index in [1.54, 1.807) is 17.9 Å². The molecule has 0 N–H and O–H groups in total. The maximum absolute atomic E-state index is 13.0. The highest BCUT2D eigenvalue weighted by atomic mass is 79.9. The molecule has 4 rings (SSSR count). The number of pyridine rings is 1. The van der Waals surface area contributed by atoms with Crippen LogP contribution in [0.25, 0.3) is 21.9 Å².